The number of carbonyl (C=O) groups is 1. The first kappa shape index (κ1) is 11.5. The van der Waals surface area contributed by atoms with E-state index in [0.29, 0.717) is 5.92 Å². The van der Waals surface area contributed by atoms with Crippen LogP contribution < -0.4 is 5.73 Å². The van der Waals surface area contributed by atoms with Crippen LogP contribution in [0.5, 0.6) is 0 Å². The van der Waals surface area contributed by atoms with Crippen LogP contribution in [0.3, 0.4) is 0 Å². The lowest BCUT2D eigenvalue weighted by Crippen LogP contribution is -2.43. The molecule has 0 spiro atoms. The van der Waals surface area contributed by atoms with Crippen molar-refractivity contribution >= 4 is 5.91 Å². The summed E-state index contributed by atoms with van der Waals surface area (Å²) in [6.07, 6.45) is 2.23. The fourth-order valence-electron chi connectivity index (χ4n) is 1.84. The number of amides is 1. The van der Waals surface area contributed by atoms with E-state index >= 15 is 0 Å². The molecule has 1 heterocycles. The van der Waals surface area contributed by atoms with Crippen molar-refractivity contribution in [1.82, 2.24) is 4.90 Å². The minimum absolute atomic E-state index is 0.0613. The molecule has 0 aliphatic carbocycles. The van der Waals surface area contributed by atoms with Gasteiger partial charge in [0.2, 0.25) is 5.91 Å². The number of ether oxygens (including phenoxy) is 1. The van der Waals surface area contributed by atoms with Gasteiger partial charge in [0.15, 0.2) is 0 Å². The summed E-state index contributed by atoms with van der Waals surface area (Å²) in [6, 6.07) is 0. The second kappa shape index (κ2) is 5.98. The molecular weight excluding hydrogens is 180 g/mol. The average molecular weight is 200 g/mol. The Hall–Kier alpha value is -0.610. The molecule has 1 aliphatic rings. The summed E-state index contributed by atoms with van der Waals surface area (Å²) >= 11 is 0. The first-order valence-electron chi connectivity index (χ1n) is 5.33. The van der Waals surface area contributed by atoms with Crippen molar-refractivity contribution in [3.05, 3.63) is 0 Å². The Morgan fingerprint density at radius 3 is 3.07 bits per heavy atom. The van der Waals surface area contributed by atoms with Crippen molar-refractivity contribution in [2.45, 2.75) is 19.8 Å². The second-order valence-electron chi connectivity index (χ2n) is 3.71. The molecule has 4 heteroatoms. The van der Waals surface area contributed by atoms with Crippen LogP contribution in [0.15, 0.2) is 0 Å². The van der Waals surface area contributed by atoms with E-state index in [1.807, 2.05) is 11.8 Å². The van der Waals surface area contributed by atoms with Crippen LogP contribution in [0.1, 0.15) is 19.8 Å². The Balaban J connectivity index is 2.31. The lowest BCUT2D eigenvalue weighted by atomic mass is 9.99. The van der Waals surface area contributed by atoms with Crippen LogP contribution in [-0.4, -0.2) is 43.7 Å². The molecule has 0 bridgehead atoms. The standard InChI is InChI=1S/C10H20N2O2/c1-2-14-8-9-4-3-5-12(7-9)10(13)6-11/h9H,2-8,11H2,1H3/t9-/m1/s1. The lowest BCUT2D eigenvalue weighted by Gasteiger charge is -2.32. The van der Waals surface area contributed by atoms with Crippen LogP contribution in [-0.2, 0) is 9.53 Å². The Kier molecular flexibility index (Phi) is 4.90. The minimum Gasteiger partial charge on any atom is -0.381 e. The van der Waals surface area contributed by atoms with Crippen LogP contribution in [0.25, 0.3) is 0 Å². The molecule has 4 nitrogen and oxygen atoms in total. The molecule has 1 aliphatic heterocycles. The summed E-state index contributed by atoms with van der Waals surface area (Å²) in [5.74, 6) is 0.561. The smallest absolute Gasteiger partial charge is 0.236 e. The molecule has 1 fully saturated rings. The highest BCUT2D eigenvalue weighted by Gasteiger charge is 2.22. The van der Waals surface area contributed by atoms with E-state index in [2.05, 4.69) is 0 Å². The fourth-order valence-corrected chi connectivity index (χ4v) is 1.84. The molecule has 1 amide bonds. The molecule has 1 saturated heterocycles. The third-order valence-corrected chi connectivity index (χ3v) is 2.60. The number of hydrogen-bond acceptors (Lipinski definition) is 3. The third-order valence-electron chi connectivity index (χ3n) is 2.60. The van der Waals surface area contributed by atoms with Crippen molar-refractivity contribution in [3.63, 3.8) is 0 Å². The third kappa shape index (κ3) is 3.27. The van der Waals surface area contributed by atoms with E-state index in [4.69, 9.17) is 10.5 Å². The molecule has 0 aromatic carbocycles. The summed E-state index contributed by atoms with van der Waals surface area (Å²) in [7, 11) is 0. The molecule has 82 valence electrons. The largest absolute Gasteiger partial charge is 0.381 e. The molecule has 0 saturated carbocycles. The molecule has 0 unspecified atom stereocenters. The van der Waals surface area contributed by atoms with Crippen molar-refractivity contribution in [2.24, 2.45) is 11.7 Å². The number of hydrogen-bond donors (Lipinski definition) is 1. The number of carbonyl (C=O) groups excluding carboxylic acids is 1. The van der Waals surface area contributed by atoms with Gasteiger partial charge in [-0.1, -0.05) is 0 Å². The molecule has 0 aromatic heterocycles. The fraction of sp³-hybridized carbons (Fsp3) is 0.900. The predicted molar refractivity (Wildman–Crippen MR) is 54.9 cm³/mol. The maximum atomic E-state index is 11.3. The van der Waals surface area contributed by atoms with E-state index in [0.717, 1.165) is 39.1 Å². The van der Waals surface area contributed by atoms with Gasteiger partial charge in [-0.3, -0.25) is 4.79 Å². The Morgan fingerprint density at radius 1 is 1.64 bits per heavy atom. The highest BCUT2D eigenvalue weighted by atomic mass is 16.5. The van der Waals surface area contributed by atoms with Gasteiger partial charge in [0.1, 0.15) is 0 Å². The minimum atomic E-state index is 0.0613. The Morgan fingerprint density at radius 2 is 2.43 bits per heavy atom. The van der Waals surface area contributed by atoms with Gasteiger partial charge >= 0.3 is 0 Å². The molecular formula is C10H20N2O2. The molecule has 14 heavy (non-hydrogen) atoms. The van der Waals surface area contributed by atoms with Crippen molar-refractivity contribution in [3.8, 4) is 0 Å². The Labute approximate surface area is 85.4 Å². The van der Waals surface area contributed by atoms with Crippen LogP contribution in [0.4, 0.5) is 0 Å². The molecule has 0 aromatic rings. The van der Waals surface area contributed by atoms with Gasteiger partial charge in [-0.15, -0.1) is 0 Å². The first-order valence-corrected chi connectivity index (χ1v) is 5.33. The van der Waals surface area contributed by atoms with E-state index in [1.54, 1.807) is 0 Å². The maximum Gasteiger partial charge on any atom is 0.236 e. The summed E-state index contributed by atoms with van der Waals surface area (Å²) in [4.78, 5) is 13.2. The predicted octanol–water partition coefficient (Wildman–Crippen LogP) is 0.220. The van der Waals surface area contributed by atoms with Gasteiger partial charge in [0, 0.05) is 19.7 Å². The van der Waals surface area contributed by atoms with Gasteiger partial charge in [0.05, 0.1) is 13.2 Å². The van der Waals surface area contributed by atoms with Crippen LogP contribution >= 0.6 is 0 Å². The molecule has 2 N–H and O–H groups in total. The molecule has 1 rings (SSSR count). The lowest BCUT2D eigenvalue weighted by molar-refractivity contribution is -0.131. The average Bonchev–Trinajstić information content (AvgIpc) is 2.25. The van der Waals surface area contributed by atoms with Crippen LogP contribution in [0.2, 0.25) is 0 Å². The normalized spacial score (nSPS) is 22.4. The summed E-state index contributed by atoms with van der Waals surface area (Å²) in [6.45, 7) is 5.31. The summed E-state index contributed by atoms with van der Waals surface area (Å²) < 4.78 is 5.37. The number of piperidine rings is 1. The van der Waals surface area contributed by atoms with Gasteiger partial charge in [-0.2, -0.15) is 0 Å². The zero-order chi connectivity index (χ0) is 10.4. The van der Waals surface area contributed by atoms with Crippen molar-refractivity contribution in [1.29, 1.82) is 0 Å². The first-order chi connectivity index (χ1) is 6.77. The topological polar surface area (TPSA) is 55.6 Å². The van der Waals surface area contributed by atoms with E-state index < -0.39 is 0 Å². The SMILES string of the molecule is CCOC[C@@H]1CCCN(C(=O)CN)C1. The number of likely N-dealkylation sites (tertiary alicyclic amines) is 1. The summed E-state index contributed by atoms with van der Waals surface area (Å²) in [5, 5.41) is 0. The van der Waals surface area contributed by atoms with Gasteiger partial charge in [0.25, 0.3) is 0 Å². The van der Waals surface area contributed by atoms with Crippen LogP contribution in [0, 0.1) is 5.92 Å². The second-order valence-corrected chi connectivity index (χ2v) is 3.71. The molecule has 1 atom stereocenters. The molecule has 0 radical (unpaired) electrons. The highest BCUT2D eigenvalue weighted by Crippen LogP contribution is 2.16. The zero-order valence-corrected chi connectivity index (χ0v) is 8.87. The number of nitrogens with zero attached hydrogens (tertiary/aromatic N) is 1. The van der Waals surface area contributed by atoms with E-state index in [-0.39, 0.29) is 12.5 Å². The van der Waals surface area contributed by atoms with E-state index in [1.165, 1.54) is 0 Å². The maximum absolute atomic E-state index is 11.3. The van der Waals surface area contributed by atoms with Crippen molar-refractivity contribution < 1.29 is 9.53 Å². The number of nitrogens with two attached hydrogens (primary N) is 1. The quantitative estimate of drug-likeness (QED) is 0.706. The number of rotatable bonds is 4. The monoisotopic (exact) mass is 200 g/mol. The highest BCUT2D eigenvalue weighted by molar-refractivity contribution is 5.78. The van der Waals surface area contributed by atoms with Crippen molar-refractivity contribution in [2.75, 3.05) is 32.8 Å². The van der Waals surface area contributed by atoms with Gasteiger partial charge in [-0.25, -0.2) is 0 Å². The Bertz CT molecular complexity index is 185. The summed E-state index contributed by atoms with van der Waals surface area (Å²) in [5.41, 5.74) is 5.33. The van der Waals surface area contributed by atoms with E-state index in [9.17, 15) is 4.79 Å². The zero-order valence-electron chi connectivity index (χ0n) is 8.87. The van der Waals surface area contributed by atoms with Gasteiger partial charge in [-0.05, 0) is 25.7 Å². The van der Waals surface area contributed by atoms with Gasteiger partial charge < -0.3 is 15.4 Å².